The van der Waals surface area contributed by atoms with Gasteiger partial charge in [-0.1, -0.05) is 0 Å². The highest BCUT2D eigenvalue weighted by molar-refractivity contribution is 5.85. The third-order valence-corrected chi connectivity index (χ3v) is 4.22. The number of carbonyl (C=O) groups excluding carboxylic acids is 1. The number of hydrogen-bond donors (Lipinski definition) is 3. The lowest BCUT2D eigenvalue weighted by Gasteiger charge is -2.37. The zero-order valence-corrected chi connectivity index (χ0v) is 12.8. The van der Waals surface area contributed by atoms with Crippen LogP contribution < -0.4 is 21.3 Å². The van der Waals surface area contributed by atoms with Gasteiger partial charge < -0.3 is 26.4 Å². The summed E-state index contributed by atoms with van der Waals surface area (Å²) in [6.45, 7) is 3.30. The predicted octanol–water partition coefficient (Wildman–Crippen LogP) is 1.70. The first-order chi connectivity index (χ1) is 11.1. The zero-order valence-electron chi connectivity index (χ0n) is 12.8. The van der Waals surface area contributed by atoms with E-state index in [0.29, 0.717) is 16.9 Å². The number of anilines is 4. The van der Waals surface area contributed by atoms with Crippen molar-refractivity contribution >= 4 is 29.0 Å². The van der Waals surface area contributed by atoms with E-state index in [1.165, 1.54) is 0 Å². The Kier molecular flexibility index (Phi) is 3.97. The summed E-state index contributed by atoms with van der Waals surface area (Å²) in [5.41, 5.74) is 14.8. The molecular weight excluding hydrogens is 292 g/mol. The van der Waals surface area contributed by atoms with E-state index in [2.05, 4.69) is 9.80 Å². The Morgan fingerprint density at radius 1 is 0.870 bits per heavy atom. The molecule has 1 aliphatic heterocycles. The third kappa shape index (κ3) is 3.01. The Morgan fingerprint density at radius 3 is 1.91 bits per heavy atom. The van der Waals surface area contributed by atoms with Crippen LogP contribution in [0.5, 0.6) is 5.75 Å². The summed E-state index contributed by atoms with van der Waals surface area (Å²) in [5.74, 6) is 0.110. The normalized spacial score (nSPS) is 14.8. The summed E-state index contributed by atoms with van der Waals surface area (Å²) < 4.78 is 0. The van der Waals surface area contributed by atoms with Crippen LogP contribution in [-0.2, 0) is 0 Å². The average molecular weight is 312 g/mol. The Balaban J connectivity index is 1.70. The van der Waals surface area contributed by atoms with E-state index in [4.69, 9.17) is 11.5 Å². The van der Waals surface area contributed by atoms with Crippen LogP contribution in [0.15, 0.2) is 36.4 Å². The molecule has 1 aliphatic rings. The van der Waals surface area contributed by atoms with Gasteiger partial charge in [0.2, 0.25) is 0 Å². The van der Waals surface area contributed by atoms with Crippen molar-refractivity contribution in [1.82, 2.24) is 0 Å². The molecule has 120 valence electrons. The summed E-state index contributed by atoms with van der Waals surface area (Å²) in [7, 11) is 0. The lowest BCUT2D eigenvalue weighted by molar-refractivity contribution is 0.112. The lowest BCUT2D eigenvalue weighted by Crippen LogP contribution is -2.46. The number of rotatable bonds is 3. The molecule has 3 rings (SSSR count). The number of benzene rings is 2. The van der Waals surface area contributed by atoms with Gasteiger partial charge in [-0.15, -0.1) is 0 Å². The summed E-state index contributed by atoms with van der Waals surface area (Å²) >= 11 is 0. The number of hydrogen-bond acceptors (Lipinski definition) is 6. The largest absolute Gasteiger partial charge is 0.506 e. The molecule has 6 heteroatoms. The Morgan fingerprint density at radius 2 is 1.39 bits per heavy atom. The number of piperazine rings is 1. The minimum atomic E-state index is 0.110. The molecule has 2 aromatic carbocycles. The first-order valence-electron chi connectivity index (χ1n) is 7.51. The molecule has 0 saturated carbocycles. The minimum Gasteiger partial charge on any atom is -0.506 e. The Labute approximate surface area is 134 Å². The molecule has 0 unspecified atom stereocenters. The molecule has 5 N–H and O–H groups in total. The molecule has 0 spiro atoms. The predicted molar refractivity (Wildman–Crippen MR) is 93.2 cm³/mol. The van der Waals surface area contributed by atoms with Gasteiger partial charge in [0.15, 0.2) is 6.29 Å². The van der Waals surface area contributed by atoms with Crippen molar-refractivity contribution in [3.8, 4) is 5.75 Å². The number of nitrogens with two attached hydrogens (primary N) is 2. The van der Waals surface area contributed by atoms with Crippen LogP contribution in [0.25, 0.3) is 0 Å². The fraction of sp³-hybridized carbons (Fsp3) is 0.235. The summed E-state index contributed by atoms with van der Waals surface area (Å²) in [4.78, 5) is 15.4. The summed E-state index contributed by atoms with van der Waals surface area (Å²) in [6.07, 6.45) is 0.784. The molecule has 0 bridgehead atoms. The van der Waals surface area contributed by atoms with Crippen molar-refractivity contribution in [1.29, 1.82) is 0 Å². The highest BCUT2D eigenvalue weighted by Crippen LogP contribution is 2.28. The fourth-order valence-corrected chi connectivity index (χ4v) is 2.81. The second-order valence-corrected chi connectivity index (χ2v) is 5.65. The second-order valence-electron chi connectivity index (χ2n) is 5.65. The first-order valence-corrected chi connectivity index (χ1v) is 7.51. The second kappa shape index (κ2) is 6.08. The van der Waals surface area contributed by atoms with E-state index in [9.17, 15) is 9.90 Å². The highest BCUT2D eigenvalue weighted by Gasteiger charge is 2.18. The van der Waals surface area contributed by atoms with Gasteiger partial charge in [0.25, 0.3) is 0 Å². The van der Waals surface area contributed by atoms with Gasteiger partial charge in [-0.05, 0) is 30.3 Å². The van der Waals surface area contributed by atoms with Gasteiger partial charge in [0, 0.05) is 54.9 Å². The van der Waals surface area contributed by atoms with Crippen LogP contribution in [0, 0.1) is 0 Å². The molecule has 0 radical (unpaired) electrons. The maximum absolute atomic E-state index is 11.0. The number of phenols is 1. The zero-order chi connectivity index (χ0) is 16.4. The van der Waals surface area contributed by atoms with Crippen molar-refractivity contribution in [2.24, 2.45) is 0 Å². The standard InChI is InChI=1S/C17H20N4O2/c18-15-3-1-13(9-12(15)11-22)20-5-7-21(8-6-20)14-2-4-16(19)17(23)10-14/h1-4,9-11,23H,5-8,18-19H2. The molecular formula is C17H20N4O2. The van der Waals surface area contributed by atoms with Crippen LogP contribution in [-0.4, -0.2) is 37.6 Å². The van der Waals surface area contributed by atoms with Crippen LogP contribution in [0.1, 0.15) is 10.4 Å². The third-order valence-electron chi connectivity index (χ3n) is 4.22. The number of aldehydes is 1. The quantitative estimate of drug-likeness (QED) is 0.453. The van der Waals surface area contributed by atoms with Crippen molar-refractivity contribution in [3.63, 3.8) is 0 Å². The summed E-state index contributed by atoms with van der Waals surface area (Å²) in [5, 5.41) is 9.74. The van der Waals surface area contributed by atoms with Gasteiger partial charge in [-0.2, -0.15) is 0 Å². The highest BCUT2D eigenvalue weighted by atomic mass is 16.3. The molecule has 1 saturated heterocycles. The van der Waals surface area contributed by atoms with Crippen LogP contribution in [0.2, 0.25) is 0 Å². The number of carbonyl (C=O) groups is 1. The van der Waals surface area contributed by atoms with Crippen molar-refractivity contribution in [3.05, 3.63) is 42.0 Å². The van der Waals surface area contributed by atoms with Gasteiger partial charge in [-0.3, -0.25) is 4.79 Å². The first kappa shape index (κ1) is 15.0. The average Bonchev–Trinajstić information content (AvgIpc) is 2.58. The fourth-order valence-electron chi connectivity index (χ4n) is 2.81. The van der Waals surface area contributed by atoms with Gasteiger partial charge in [-0.25, -0.2) is 0 Å². The topological polar surface area (TPSA) is 95.8 Å². The summed E-state index contributed by atoms with van der Waals surface area (Å²) in [6, 6.07) is 10.9. The molecule has 23 heavy (non-hydrogen) atoms. The molecule has 0 aromatic heterocycles. The van der Waals surface area contributed by atoms with E-state index in [1.807, 2.05) is 18.2 Å². The van der Waals surface area contributed by atoms with Gasteiger partial charge in [0.05, 0.1) is 5.69 Å². The van der Waals surface area contributed by atoms with Crippen LogP contribution in [0.3, 0.4) is 0 Å². The number of nitrogens with zero attached hydrogens (tertiary/aromatic N) is 2. The minimum absolute atomic E-state index is 0.110. The molecule has 1 heterocycles. The van der Waals surface area contributed by atoms with Crippen LogP contribution >= 0.6 is 0 Å². The molecule has 0 aliphatic carbocycles. The van der Waals surface area contributed by atoms with E-state index in [0.717, 1.165) is 43.8 Å². The van der Waals surface area contributed by atoms with Crippen LogP contribution in [0.4, 0.5) is 22.7 Å². The van der Waals surface area contributed by atoms with E-state index in [1.54, 1.807) is 18.2 Å². The van der Waals surface area contributed by atoms with E-state index in [-0.39, 0.29) is 5.75 Å². The Bertz CT molecular complexity index is 725. The molecule has 1 fully saturated rings. The molecule has 0 amide bonds. The van der Waals surface area contributed by atoms with E-state index >= 15 is 0 Å². The van der Waals surface area contributed by atoms with Crippen molar-refractivity contribution < 1.29 is 9.90 Å². The lowest BCUT2D eigenvalue weighted by atomic mass is 10.1. The SMILES string of the molecule is Nc1ccc(N2CCN(c3ccc(N)c(C=O)c3)CC2)cc1O. The van der Waals surface area contributed by atoms with E-state index < -0.39 is 0 Å². The molecule has 6 nitrogen and oxygen atoms in total. The molecule has 0 atom stereocenters. The maximum Gasteiger partial charge on any atom is 0.152 e. The van der Waals surface area contributed by atoms with Crippen molar-refractivity contribution in [2.75, 3.05) is 47.4 Å². The monoisotopic (exact) mass is 312 g/mol. The van der Waals surface area contributed by atoms with Gasteiger partial charge in [0.1, 0.15) is 5.75 Å². The smallest absolute Gasteiger partial charge is 0.152 e. The molecule has 2 aromatic rings. The maximum atomic E-state index is 11.0. The number of aromatic hydroxyl groups is 1. The number of nitrogen functional groups attached to an aromatic ring is 2. The Hall–Kier alpha value is -2.89. The van der Waals surface area contributed by atoms with Gasteiger partial charge >= 0.3 is 0 Å². The number of phenolic OH excluding ortho intramolecular Hbond substituents is 1. The van der Waals surface area contributed by atoms with Crippen molar-refractivity contribution in [2.45, 2.75) is 0 Å².